The molecule has 0 spiro atoms. The summed E-state index contributed by atoms with van der Waals surface area (Å²) in [6.45, 7) is 5.22. The Balaban J connectivity index is 1.09. The summed E-state index contributed by atoms with van der Waals surface area (Å²) in [6.07, 6.45) is 3.38. The number of tetrazole rings is 1. The number of hydrogen-bond donors (Lipinski definition) is 5. The Morgan fingerprint density at radius 2 is 2.12 bits per heavy atom. The summed E-state index contributed by atoms with van der Waals surface area (Å²) >= 11 is 1.43. The van der Waals surface area contributed by atoms with E-state index in [-0.39, 0.29) is 71.2 Å². The number of carboxylic acid groups (broad SMARTS) is 1. The lowest BCUT2D eigenvalue weighted by atomic mass is 9.78. The van der Waals surface area contributed by atoms with E-state index in [1.165, 1.54) is 27.7 Å². The fourth-order valence-corrected chi connectivity index (χ4v) is 9.32. The quantitative estimate of drug-likeness (QED) is 0.194. The number of aromatic nitrogens is 4. The van der Waals surface area contributed by atoms with Gasteiger partial charge in [0.2, 0.25) is 17.7 Å². The number of aliphatic carboxylic acids is 1. The van der Waals surface area contributed by atoms with E-state index in [0.29, 0.717) is 31.0 Å². The van der Waals surface area contributed by atoms with Crippen LogP contribution in [0.15, 0.2) is 16.9 Å². The second kappa shape index (κ2) is 10.9. The summed E-state index contributed by atoms with van der Waals surface area (Å²) < 4.78 is 1.27. The molecule has 0 bridgehead atoms. The molecule has 3 amide bonds. The van der Waals surface area contributed by atoms with Gasteiger partial charge in [0.25, 0.3) is 0 Å². The van der Waals surface area contributed by atoms with Gasteiger partial charge in [0.1, 0.15) is 18.6 Å². The highest BCUT2D eigenvalue weighted by Crippen LogP contribution is 2.52. The van der Waals surface area contributed by atoms with E-state index in [1.54, 1.807) is 6.92 Å². The molecule has 15 nitrogen and oxygen atoms in total. The Hall–Kier alpha value is -3.08. The minimum absolute atomic E-state index is 0.00524. The number of amides is 3. The van der Waals surface area contributed by atoms with Crippen LogP contribution in [0.4, 0.5) is 0 Å². The monoisotopic (exact) mass is 603 g/mol. The second-order valence-corrected chi connectivity index (χ2v) is 13.8. The molecule has 4 aliphatic heterocycles. The maximum absolute atomic E-state index is 13.4. The van der Waals surface area contributed by atoms with Crippen molar-refractivity contribution in [1.29, 1.82) is 0 Å². The molecule has 6 N–H and O–H groups in total. The first-order valence-corrected chi connectivity index (χ1v) is 15.3. The van der Waals surface area contributed by atoms with Crippen LogP contribution in [0.3, 0.4) is 0 Å². The maximum Gasteiger partial charge on any atom is 0.353 e. The van der Waals surface area contributed by atoms with Gasteiger partial charge < -0.3 is 36.4 Å². The van der Waals surface area contributed by atoms with Gasteiger partial charge in [-0.15, -0.1) is 16.9 Å². The van der Waals surface area contributed by atoms with Gasteiger partial charge in [-0.05, 0) is 42.5 Å². The molecule has 9 atom stereocenters. The summed E-state index contributed by atoms with van der Waals surface area (Å²) in [5.74, 6) is -2.45. The van der Waals surface area contributed by atoms with Gasteiger partial charge in [-0.25, -0.2) is 9.48 Å². The van der Waals surface area contributed by atoms with Crippen LogP contribution in [0.1, 0.15) is 33.1 Å². The van der Waals surface area contributed by atoms with Crippen LogP contribution in [-0.2, 0) is 25.7 Å². The fourth-order valence-electron chi connectivity index (χ4n) is 7.84. The highest BCUT2D eigenvalue weighted by Gasteiger charge is 2.61. The Morgan fingerprint density at radius 3 is 2.79 bits per heavy atom. The van der Waals surface area contributed by atoms with Crippen molar-refractivity contribution >= 4 is 35.5 Å². The highest BCUT2D eigenvalue weighted by molar-refractivity contribution is 8.03. The summed E-state index contributed by atoms with van der Waals surface area (Å²) in [4.78, 5) is 55.3. The standard InChI is InChI=1S/C26H37N9O6S/c1-12-20-19(13(2)30-18(37)8-34-11-29-31-32-34)24(39)35(20)21(25(40)41)22(12)42-16-4-17(28-6-16)23(38)33-7-14-3-15(27)5-26(14,9-33)10-36/h11-17,19-20,28,36H,3-10,27H2,1-2H3,(H,30,37)(H,40,41)/t12-,13-,14?,15+,16+,17+,19-,20-,26+/m1/s1. The number of hydrogen-bond acceptors (Lipinski definition) is 11. The lowest BCUT2D eigenvalue weighted by molar-refractivity contribution is -0.158. The van der Waals surface area contributed by atoms with Crippen molar-refractivity contribution in [2.75, 3.05) is 26.2 Å². The van der Waals surface area contributed by atoms with Crippen LogP contribution in [-0.4, -0.2) is 120 Å². The molecule has 228 valence electrons. The van der Waals surface area contributed by atoms with E-state index in [9.17, 15) is 29.4 Å². The number of carbonyl (C=O) groups is 4. The average molecular weight is 604 g/mol. The molecule has 1 aromatic rings. The fraction of sp³-hybridized carbons (Fsp3) is 0.731. The van der Waals surface area contributed by atoms with Crippen LogP contribution >= 0.6 is 11.8 Å². The molecule has 1 unspecified atom stereocenters. The largest absolute Gasteiger partial charge is 0.477 e. The van der Waals surface area contributed by atoms with Crippen LogP contribution in [0.25, 0.3) is 0 Å². The Morgan fingerprint density at radius 1 is 1.33 bits per heavy atom. The molecule has 0 aromatic carbocycles. The highest BCUT2D eigenvalue weighted by atomic mass is 32.2. The lowest BCUT2D eigenvalue weighted by Crippen LogP contribution is -2.66. The molecule has 1 aromatic heterocycles. The molecule has 1 saturated carbocycles. The van der Waals surface area contributed by atoms with Crippen LogP contribution < -0.4 is 16.4 Å². The first-order valence-electron chi connectivity index (χ1n) is 14.4. The lowest BCUT2D eigenvalue weighted by Gasteiger charge is -2.47. The van der Waals surface area contributed by atoms with E-state index < -0.39 is 24.0 Å². The van der Waals surface area contributed by atoms with Crippen molar-refractivity contribution < 1.29 is 29.4 Å². The molecule has 1 aliphatic carbocycles. The number of nitrogens with two attached hydrogens (primary N) is 1. The zero-order chi connectivity index (χ0) is 29.9. The third kappa shape index (κ3) is 4.77. The van der Waals surface area contributed by atoms with Gasteiger partial charge in [0, 0.05) is 53.2 Å². The smallest absolute Gasteiger partial charge is 0.353 e. The molecule has 42 heavy (non-hydrogen) atoms. The third-order valence-corrected chi connectivity index (χ3v) is 11.3. The topological polar surface area (TPSA) is 209 Å². The number of carbonyl (C=O) groups excluding carboxylic acids is 3. The summed E-state index contributed by atoms with van der Waals surface area (Å²) in [7, 11) is 0. The predicted molar refractivity (Wildman–Crippen MR) is 148 cm³/mol. The van der Waals surface area contributed by atoms with Gasteiger partial charge >= 0.3 is 5.97 Å². The first-order chi connectivity index (χ1) is 20.0. The molecular weight excluding hydrogens is 566 g/mol. The number of likely N-dealkylation sites (tertiary alicyclic amines) is 1. The van der Waals surface area contributed by atoms with E-state index in [4.69, 9.17) is 5.73 Å². The third-order valence-electron chi connectivity index (χ3n) is 9.79. The van der Waals surface area contributed by atoms with E-state index in [2.05, 4.69) is 26.2 Å². The Labute approximate surface area is 246 Å². The minimum Gasteiger partial charge on any atom is -0.477 e. The van der Waals surface area contributed by atoms with E-state index in [0.717, 1.165) is 12.8 Å². The summed E-state index contributed by atoms with van der Waals surface area (Å²) in [6, 6.07) is -1.23. The molecule has 3 saturated heterocycles. The Bertz CT molecular complexity index is 1310. The molecule has 0 radical (unpaired) electrons. The zero-order valence-electron chi connectivity index (χ0n) is 23.5. The number of nitrogens with one attached hydrogen (secondary N) is 2. The minimum atomic E-state index is -1.16. The van der Waals surface area contributed by atoms with Gasteiger partial charge in [-0.2, -0.15) is 0 Å². The van der Waals surface area contributed by atoms with Gasteiger partial charge in [0.05, 0.1) is 24.6 Å². The molecule has 5 heterocycles. The molecule has 16 heteroatoms. The number of thioether (sulfide) groups is 1. The van der Waals surface area contributed by atoms with Crippen molar-refractivity contribution in [2.45, 2.75) is 69.1 Å². The van der Waals surface area contributed by atoms with Crippen LogP contribution in [0.5, 0.6) is 0 Å². The Kier molecular flexibility index (Phi) is 7.52. The van der Waals surface area contributed by atoms with Gasteiger partial charge in [-0.1, -0.05) is 6.92 Å². The number of aliphatic hydroxyl groups is 1. The van der Waals surface area contributed by atoms with Gasteiger partial charge in [-0.3, -0.25) is 14.4 Å². The summed E-state index contributed by atoms with van der Waals surface area (Å²) in [5, 5.41) is 37.0. The second-order valence-electron chi connectivity index (χ2n) is 12.5. The normalized spacial score (nSPS) is 36.2. The summed E-state index contributed by atoms with van der Waals surface area (Å²) in [5.41, 5.74) is 5.82. The molecular formula is C26H37N9O6S. The van der Waals surface area contributed by atoms with Crippen molar-refractivity contribution in [1.82, 2.24) is 40.6 Å². The predicted octanol–water partition coefficient (Wildman–Crippen LogP) is -2.03. The number of rotatable bonds is 9. The van der Waals surface area contributed by atoms with Crippen LogP contribution in [0.2, 0.25) is 0 Å². The number of nitrogens with zero attached hydrogens (tertiary/aromatic N) is 6. The van der Waals surface area contributed by atoms with E-state index >= 15 is 0 Å². The number of carboxylic acids is 1. The van der Waals surface area contributed by atoms with Crippen molar-refractivity contribution in [3.05, 3.63) is 16.9 Å². The SMILES string of the molecule is C[C@@H](NC(=O)Cn1cnnn1)[C@H]1C(=O)N2C(C(=O)O)=C(S[C@@H]3CN[C@H](C(=O)N4CC5C[C@H](N)C[C@@]5(CO)C4)C3)[C@H](C)[C@H]12. The number of aliphatic hydroxyl groups excluding tert-OH is 1. The van der Waals surface area contributed by atoms with Gasteiger partial charge in [0.15, 0.2) is 0 Å². The van der Waals surface area contributed by atoms with Crippen molar-refractivity contribution in [3.63, 3.8) is 0 Å². The number of fused-ring (bicyclic) bond motifs is 2. The molecule has 4 fully saturated rings. The first kappa shape index (κ1) is 29.0. The zero-order valence-corrected chi connectivity index (χ0v) is 24.4. The molecule has 5 aliphatic rings. The van der Waals surface area contributed by atoms with E-state index in [1.807, 2.05) is 11.8 Å². The van der Waals surface area contributed by atoms with Crippen molar-refractivity contribution in [3.8, 4) is 0 Å². The maximum atomic E-state index is 13.4. The van der Waals surface area contributed by atoms with Crippen LogP contribution in [0, 0.1) is 23.2 Å². The molecule has 6 rings (SSSR count). The van der Waals surface area contributed by atoms with Crippen molar-refractivity contribution in [2.24, 2.45) is 28.9 Å². The average Bonchev–Trinajstić information content (AvgIpc) is 3.74. The number of β-lactam (4-membered cyclic amide) rings is 1.